The van der Waals surface area contributed by atoms with Crippen molar-refractivity contribution in [2.75, 3.05) is 5.32 Å². The molecule has 1 N–H and O–H groups in total. The van der Waals surface area contributed by atoms with E-state index in [1.165, 1.54) is 12.1 Å². The minimum atomic E-state index is -0.251. The van der Waals surface area contributed by atoms with E-state index in [4.69, 9.17) is 0 Å². The molecule has 0 radical (unpaired) electrons. The van der Waals surface area contributed by atoms with Crippen LogP contribution in [-0.4, -0.2) is 4.98 Å². The first-order valence-electron chi connectivity index (χ1n) is 5.27. The zero-order valence-corrected chi connectivity index (χ0v) is 9.44. The molecular formula is C13H15FN2. The van der Waals surface area contributed by atoms with Gasteiger partial charge in [-0.3, -0.25) is 4.98 Å². The number of hydrogen-bond acceptors (Lipinski definition) is 2. The summed E-state index contributed by atoms with van der Waals surface area (Å²) in [5.41, 5.74) is 1.57. The minimum Gasteiger partial charge on any atom is -0.354 e. The average molecular weight is 218 g/mol. The third-order valence-electron chi connectivity index (χ3n) is 1.77. The van der Waals surface area contributed by atoms with Crippen molar-refractivity contribution in [2.24, 2.45) is 0 Å². The largest absolute Gasteiger partial charge is 0.354 e. The van der Waals surface area contributed by atoms with Crippen LogP contribution < -0.4 is 5.32 Å². The highest BCUT2D eigenvalue weighted by Gasteiger charge is 1.94. The van der Waals surface area contributed by atoms with Crippen molar-refractivity contribution in [3.8, 4) is 0 Å². The van der Waals surface area contributed by atoms with Crippen molar-refractivity contribution >= 4 is 11.4 Å². The molecule has 0 bridgehead atoms. The summed E-state index contributed by atoms with van der Waals surface area (Å²) in [5, 5.41) is 3.04. The molecule has 0 saturated carbocycles. The van der Waals surface area contributed by atoms with Crippen molar-refractivity contribution in [1.29, 1.82) is 0 Å². The van der Waals surface area contributed by atoms with E-state index in [1.54, 1.807) is 24.5 Å². The Balaban J connectivity index is 0.000000606. The van der Waals surface area contributed by atoms with Gasteiger partial charge in [-0.25, -0.2) is 4.39 Å². The van der Waals surface area contributed by atoms with E-state index in [0.717, 1.165) is 11.4 Å². The molecule has 0 aliphatic rings. The van der Waals surface area contributed by atoms with Gasteiger partial charge in [0.2, 0.25) is 0 Å². The SMILES string of the molecule is CC.Fc1cccc(Nc2cccnc2)c1. The Morgan fingerprint density at radius 1 is 1.06 bits per heavy atom. The molecule has 2 rings (SSSR count). The monoisotopic (exact) mass is 218 g/mol. The van der Waals surface area contributed by atoms with E-state index < -0.39 is 0 Å². The molecule has 3 heteroatoms. The van der Waals surface area contributed by atoms with Gasteiger partial charge in [0.25, 0.3) is 0 Å². The first-order chi connectivity index (χ1) is 7.84. The summed E-state index contributed by atoms with van der Waals surface area (Å²) in [4.78, 5) is 3.95. The highest BCUT2D eigenvalue weighted by atomic mass is 19.1. The van der Waals surface area contributed by atoms with Gasteiger partial charge in [-0.05, 0) is 30.3 Å². The minimum absolute atomic E-state index is 0.251. The predicted octanol–water partition coefficient (Wildman–Crippen LogP) is 3.99. The van der Waals surface area contributed by atoms with Crippen LogP contribution in [0.2, 0.25) is 0 Å². The summed E-state index contributed by atoms with van der Waals surface area (Å²) < 4.78 is 12.8. The van der Waals surface area contributed by atoms with Crippen LogP contribution in [0.15, 0.2) is 48.8 Å². The zero-order valence-electron chi connectivity index (χ0n) is 9.44. The molecule has 1 aromatic heterocycles. The van der Waals surface area contributed by atoms with Crippen LogP contribution in [0.1, 0.15) is 13.8 Å². The number of pyridine rings is 1. The number of benzene rings is 1. The van der Waals surface area contributed by atoms with E-state index in [2.05, 4.69) is 10.3 Å². The predicted molar refractivity (Wildman–Crippen MR) is 65.3 cm³/mol. The van der Waals surface area contributed by atoms with Gasteiger partial charge in [-0.15, -0.1) is 0 Å². The van der Waals surface area contributed by atoms with E-state index in [9.17, 15) is 4.39 Å². The van der Waals surface area contributed by atoms with Crippen molar-refractivity contribution in [1.82, 2.24) is 4.98 Å². The lowest BCUT2D eigenvalue weighted by Gasteiger charge is -2.04. The van der Waals surface area contributed by atoms with Gasteiger partial charge >= 0.3 is 0 Å². The van der Waals surface area contributed by atoms with Crippen LogP contribution in [0.4, 0.5) is 15.8 Å². The van der Waals surface area contributed by atoms with Crippen molar-refractivity contribution in [3.63, 3.8) is 0 Å². The second-order valence-corrected chi connectivity index (χ2v) is 2.88. The van der Waals surface area contributed by atoms with Gasteiger partial charge in [-0.2, -0.15) is 0 Å². The van der Waals surface area contributed by atoms with E-state index >= 15 is 0 Å². The summed E-state index contributed by atoms with van der Waals surface area (Å²) in [5.74, 6) is -0.251. The molecule has 16 heavy (non-hydrogen) atoms. The maximum atomic E-state index is 12.8. The number of nitrogens with one attached hydrogen (secondary N) is 1. The molecule has 0 fully saturated rings. The van der Waals surface area contributed by atoms with Gasteiger partial charge in [0.15, 0.2) is 0 Å². The molecule has 2 aromatic rings. The van der Waals surface area contributed by atoms with E-state index in [0.29, 0.717) is 0 Å². The standard InChI is InChI=1S/C11H9FN2.C2H6/c12-9-3-1-4-10(7-9)14-11-5-2-6-13-8-11;1-2/h1-8,14H;1-2H3. The molecule has 0 saturated heterocycles. The fourth-order valence-electron chi connectivity index (χ4n) is 1.17. The average Bonchev–Trinajstić information content (AvgIpc) is 2.33. The van der Waals surface area contributed by atoms with Gasteiger partial charge in [0.05, 0.1) is 11.9 Å². The highest BCUT2D eigenvalue weighted by Crippen LogP contribution is 2.15. The quantitative estimate of drug-likeness (QED) is 0.824. The third-order valence-corrected chi connectivity index (χ3v) is 1.77. The van der Waals surface area contributed by atoms with Gasteiger partial charge in [-0.1, -0.05) is 19.9 Å². The van der Waals surface area contributed by atoms with Gasteiger partial charge < -0.3 is 5.32 Å². The van der Waals surface area contributed by atoms with Gasteiger partial charge in [0, 0.05) is 11.9 Å². The Morgan fingerprint density at radius 2 is 1.81 bits per heavy atom. The number of anilines is 2. The summed E-state index contributed by atoms with van der Waals surface area (Å²) >= 11 is 0. The number of aromatic nitrogens is 1. The van der Waals surface area contributed by atoms with Crippen LogP contribution >= 0.6 is 0 Å². The van der Waals surface area contributed by atoms with Crippen molar-refractivity contribution in [3.05, 3.63) is 54.6 Å². The molecule has 84 valence electrons. The van der Waals surface area contributed by atoms with E-state index in [1.807, 2.05) is 26.0 Å². The lowest BCUT2D eigenvalue weighted by molar-refractivity contribution is 0.628. The molecule has 0 unspecified atom stereocenters. The summed E-state index contributed by atoms with van der Waals surface area (Å²) in [7, 11) is 0. The maximum absolute atomic E-state index is 12.8. The zero-order chi connectivity index (χ0) is 11.8. The summed E-state index contributed by atoms with van der Waals surface area (Å²) in [6, 6.07) is 10.0. The van der Waals surface area contributed by atoms with Crippen LogP contribution in [0.25, 0.3) is 0 Å². The first-order valence-corrected chi connectivity index (χ1v) is 5.27. The Labute approximate surface area is 95.2 Å². The lowest BCUT2D eigenvalue weighted by Crippen LogP contribution is -1.90. The Kier molecular flexibility index (Phi) is 4.99. The molecule has 1 aromatic carbocycles. The van der Waals surface area contributed by atoms with Crippen LogP contribution in [-0.2, 0) is 0 Å². The smallest absolute Gasteiger partial charge is 0.125 e. The van der Waals surface area contributed by atoms with Crippen LogP contribution in [0.5, 0.6) is 0 Å². The number of hydrogen-bond donors (Lipinski definition) is 1. The molecule has 0 aliphatic carbocycles. The molecule has 0 aliphatic heterocycles. The summed E-state index contributed by atoms with van der Waals surface area (Å²) in [6.07, 6.45) is 3.38. The fraction of sp³-hybridized carbons (Fsp3) is 0.154. The maximum Gasteiger partial charge on any atom is 0.125 e. The second kappa shape index (κ2) is 6.56. The Hall–Kier alpha value is -1.90. The molecular weight excluding hydrogens is 203 g/mol. The van der Waals surface area contributed by atoms with Gasteiger partial charge in [0.1, 0.15) is 5.82 Å². The number of nitrogens with zero attached hydrogens (tertiary/aromatic N) is 1. The third kappa shape index (κ3) is 3.69. The Morgan fingerprint density at radius 3 is 2.44 bits per heavy atom. The number of rotatable bonds is 2. The van der Waals surface area contributed by atoms with Crippen LogP contribution in [0, 0.1) is 5.82 Å². The second-order valence-electron chi connectivity index (χ2n) is 2.88. The van der Waals surface area contributed by atoms with Crippen molar-refractivity contribution in [2.45, 2.75) is 13.8 Å². The first kappa shape index (κ1) is 12.2. The molecule has 1 heterocycles. The molecule has 2 nitrogen and oxygen atoms in total. The normalized spacial score (nSPS) is 8.94. The number of halogens is 1. The van der Waals surface area contributed by atoms with Crippen molar-refractivity contribution < 1.29 is 4.39 Å². The lowest BCUT2D eigenvalue weighted by atomic mass is 10.3. The molecule has 0 amide bonds. The molecule has 0 atom stereocenters. The Bertz CT molecular complexity index is 415. The van der Waals surface area contributed by atoms with E-state index in [-0.39, 0.29) is 5.82 Å². The topological polar surface area (TPSA) is 24.9 Å². The highest BCUT2D eigenvalue weighted by molar-refractivity contribution is 5.58. The molecule has 0 spiro atoms. The fourth-order valence-corrected chi connectivity index (χ4v) is 1.17. The summed E-state index contributed by atoms with van der Waals surface area (Å²) in [6.45, 7) is 4.00. The van der Waals surface area contributed by atoms with Crippen LogP contribution in [0.3, 0.4) is 0 Å².